The summed E-state index contributed by atoms with van der Waals surface area (Å²) in [6, 6.07) is 5.93. The molecule has 1 aromatic heterocycles. The Balaban J connectivity index is 1.91. The smallest absolute Gasteiger partial charge is 0.166 e. The molecule has 10 heteroatoms. The van der Waals surface area contributed by atoms with Crippen LogP contribution < -0.4 is 21.2 Å². The van der Waals surface area contributed by atoms with Crippen molar-refractivity contribution in [1.29, 1.82) is 10.9 Å². The molecule has 6 N–H and O–H groups in total. The second-order valence-corrected chi connectivity index (χ2v) is 8.19. The zero-order valence-electron chi connectivity index (χ0n) is 18.6. The molecule has 0 saturated heterocycles. The van der Waals surface area contributed by atoms with Crippen LogP contribution in [0.4, 0.5) is 10.2 Å². The second-order valence-electron chi connectivity index (χ2n) is 8.19. The Labute approximate surface area is 191 Å². The zero-order chi connectivity index (χ0) is 23.5. The van der Waals surface area contributed by atoms with Crippen LogP contribution in [0.1, 0.15) is 49.0 Å². The summed E-state index contributed by atoms with van der Waals surface area (Å²) in [6.07, 6.45) is 3.42. The molecule has 0 unspecified atom stereocenters. The van der Waals surface area contributed by atoms with Crippen LogP contribution in [0.5, 0.6) is 5.75 Å². The van der Waals surface area contributed by atoms with Crippen LogP contribution in [0.2, 0.25) is 0 Å². The first-order valence-electron chi connectivity index (χ1n) is 10.8. The van der Waals surface area contributed by atoms with Gasteiger partial charge in [-0.1, -0.05) is 0 Å². The highest BCUT2D eigenvalue weighted by atomic mass is 19.1. The number of hydrogen-bond donors (Lipinski definition) is 5. The molecule has 33 heavy (non-hydrogen) atoms. The van der Waals surface area contributed by atoms with E-state index in [0.29, 0.717) is 45.5 Å². The summed E-state index contributed by atoms with van der Waals surface area (Å²) in [5.74, 6) is 0.665. The van der Waals surface area contributed by atoms with Crippen molar-refractivity contribution < 1.29 is 9.13 Å². The number of nitrogens with zero attached hydrogens (tertiary/aromatic N) is 3. The molecule has 1 saturated carbocycles. The van der Waals surface area contributed by atoms with E-state index in [1.165, 1.54) is 18.2 Å². The van der Waals surface area contributed by atoms with Crippen molar-refractivity contribution in [2.24, 2.45) is 16.1 Å². The average molecular weight is 451 g/mol. The third kappa shape index (κ3) is 4.84. The maximum atomic E-state index is 14.2. The first kappa shape index (κ1) is 22.4. The summed E-state index contributed by atoms with van der Waals surface area (Å²) in [7, 11) is 1.64. The van der Waals surface area contributed by atoms with E-state index in [1.54, 1.807) is 26.2 Å². The van der Waals surface area contributed by atoms with Crippen molar-refractivity contribution in [2.75, 3.05) is 19.3 Å². The third-order valence-electron chi connectivity index (χ3n) is 5.75. The number of nitrogens with two attached hydrogens (primary N) is 1. The topological polar surface area (TPSA) is 145 Å². The van der Waals surface area contributed by atoms with Gasteiger partial charge in [0, 0.05) is 42.9 Å². The Morgan fingerprint density at radius 3 is 2.79 bits per heavy atom. The number of aromatic nitrogens is 1. The van der Waals surface area contributed by atoms with E-state index >= 15 is 0 Å². The van der Waals surface area contributed by atoms with E-state index in [2.05, 4.69) is 25.9 Å². The summed E-state index contributed by atoms with van der Waals surface area (Å²) in [5, 5.41) is 20.4. The van der Waals surface area contributed by atoms with Crippen molar-refractivity contribution in [2.45, 2.75) is 32.3 Å². The van der Waals surface area contributed by atoms with E-state index in [4.69, 9.17) is 21.4 Å². The molecule has 172 valence electrons. The minimum atomic E-state index is -0.613. The minimum Gasteiger partial charge on any atom is -0.482 e. The standard InChI is InChI=1S/C23H27FN8O/c1-12-17-8-15(24)5-6-16(17)21(25)18(32-28-2)9-19(31-27)22(29-10-13-3-4-13)14-7-20(33-12)23(26)30-11-14/h5-8,11-13,25,27-29H,3-4,9-10H2,1-2H3,(H2,26,30)/b22-19-,25-21?,31-27?,32-18-/t12-/m1/s1. The number of hydrazone groups is 1. The predicted octanol–water partition coefficient (Wildman–Crippen LogP) is 3.99. The lowest BCUT2D eigenvalue weighted by atomic mass is 9.94. The number of nitrogens with one attached hydrogen (secondary N) is 4. The number of benzene rings is 1. The molecule has 9 nitrogen and oxygen atoms in total. The Kier molecular flexibility index (Phi) is 6.34. The van der Waals surface area contributed by atoms with Crippen molar-refractivity contribution in [3.8, 4) is 5.75 Å². The zero-order valence-corrected chi connectivity index (χ0v) is 18.6. The number of fused-ring (bicyclic) bond motifs is 3. The lowest BCUT2D eigenvalue weighted by molar-refractivity contribution is 0.227. The lowest BCUT2D eigenvalue weighted by Crippen LogP contribution is -2.24. The van der Waals surface area contributed by atoms with Gasteiger partial charge in [-0.3, -0.25) is 5.41 Å². The van der Waals surface area contributed by atoms with Gasteiger partial charge in [0.1, 0.15) is 11.9 Å². The monoisotopic (exact) mass is 450 g/mol. The molecule has 0 amide bonds. The normalized spacial score (nSPS) is 22.0. The molecule has 1 aliphatic carbocycles. The number of rotatable bonds is 5. The summed E-state index contributed by atoms with van der Waals surface area (Å²) >= 11 is 0. The first-order chi connectivity index (χ1) is 15.9. The Hall–Kier alpha value is -3.82. The van der Waals surface area contributed by atoms with Crippen molar-refractivity contribution in [1.82, 2.24) is 15.7 Å². The number of nitrogen functional groups attached to an aromatic ring is 1. The van der Waals surface area contributed by atoms with Crippen LogP contribution in [0.3, 0.4) is 0 Å². The fourth-order valence-electron chi connectivity index (χ4n) is 3.79. The highest BCUT2D eigenvalue weighted by molar-refractivity contribution is 6.48. The first-order valence-corrected chi connectivity index (χ1v) is 10.8. The van der Waals surface area contributed by atoms with Crippen molar-refractivity contribution in [3.63, 3.8) is 0 Å². The van der Waals surface area contributed by atoms with E-state index in [9.17, 15) is 4.39 Å². The summed E-state index contributed by atoms with van der Waals surface area (Å²) in [6.45, 7) is 2.51. The maximum absolute atomic E-state index is 14.2. The molecule has 1 aliphatic heterocycles. The highest BCUT2D eigenvalue weighted by Gasteiger charge is 2.26. The molecule has 2 bridgehead atoms. The van der Waals surface area contributed by atoms with Gasteiger partial charge in [0.15, 0.2) is 11.6 Å². The molecule has 0 radical (unpaired) electrons. The fraction of sp³-hybridized carbons (Fsp3) is 0.348. The van der Waals surface area contributed by atoms with Gasteiger partial charge in [0.05, 0.1) is 22.8 Å². The second kappa shape index (κ2) is 9.35. The molecule has 4 rings (SSSR count). The Morgan fingerprint density at radius 1 is 1.30 bits per heavy atom. The number of pyridine rings is 1. The number of ether oxygens (including phenoxy) is 1. The molecule has 2 aromatic rings. The van der Waals surface area contributed by atoms with Crippen LogP contribution in [-0.4, -0.2) is 30.0 Å². The minimum absolute atomic E-state index is 0.0906. The number of hydrogen-bond acceptors (Lipinski definition) is 9. The van der Waals surface area contributed by atoms with Gasteiger partial charge in [0.25, 0.3) is 0 Å². The van der Waals surface area contributed by atoms with Gasteiger partial charge in [-0.2, -0.15) is 10.2 Å². The highest BCUT2D eigenvalue weighted by Crippen LogP contribution is 2.34. The predicted molar refractivity (Wildman–Crippen MR) is 125 cm³/mol. The average Bonchev–Trinajstić information content (AvgIpc) is 3.63. The largest absolute Gasteiger partial charge is 0.482 e. The maximum Gasteiger partial charge on any atom is 0.166 e. The summed E-state index contributed by atoms with van der Waals surface area (Å²) < 4.78 is 20.3. The molecule has 2 aliphatic rings. The Bertz CT molecular complexity index is 1160. The summed E-state index contributed by atoms with van der Waals surface area (Å²) in [5.41, 5.74) is 19.8. The van der Waals surface area contributed by atoms with Gasteiger partial charge in [-0.15, -0.1) is 0 Å². The van der Waals surface area contributed by atoms with Gasteiger partial charge < -0.3 is 21.2 Å². The van der Waals surface area contributed by atoms with E-state index in [1.807, 2.05) is 0 Å². The van der Waals surface area contributed by atoms with E-state index in [-0.39, 0.29) is 18.0 Å². The van der Waals surface area contributed by atoms with E-state index < -0.39 is 11.9 Å². The van der Waals surface area contributed by atoms with Crippen LogP contribution in [-0.2, 0) is 0 Å². The van der Waals surface area contributed by atoms with Gasteiger partial charge in [-0.25, -0.2) is 14.9 Å². The van der Waals surface area contributed by atoms with Crippen LogP contribution in [0, 0.1) is 22.7 Å². The summed E-state index contributed by atoms with van der Waals surface area (Å²) in [4.78, 5) is 4.29. The molecule has 2 heterocycles. The molecule has 1 fully saturated rings. The number of halogens is 1. The van der Waals surface area contributed by atoms with Crippen LogP contribution >= 0.6 is 0 Å². The van der Waals surface area contributed by atoms with Crippen molar-refractivity contribution in [3.05, 3.63) is 58.7 Å². The van der Waals surface area contributed by atoms with Crippen LogP contribution in [0.25, 0.3) is 5.70 Å². The molecular weight excluding hydrogens is 423 g/mol. The van der Waals surface area contributed by atoms with E-state index in [0.717, 1.165) is 19.4 Å². The Morgan fingerprint density at radius 2 is 2.09 bits per heavy atom. The van der Waals surface area contributed by atoms with Crippen molar-refractivity contribution >= 4 is 22.9 Å². The molecule has 0 spiro atoms. The lowest BCUT2D eigenvalue weighted by Gasteiger charge is -2.23. The number of allylic oxidation sites excluding steroid dienone is 1. The quantitative estimate of drug-likeness (QED) is 0.345. The fourth-order valence-corrected chi connectivity index (χ4v) is 3.79. The van der Waals surface area contributed by atoms with Gasteiger partial charge in [-0.05, 0) is 49.9 Å². The van der Waals surface area contributed by atoms with Crippen LogP contribution in [0.15, 0.2) is 46.4 Å². The van der Waals surface area contributed by atoms with Gasteiger partial charge >= 0.3 is 0 Å². The SMILES string of the molecule is CN/N=C1/C/C(N=N)=C(/NCC2CC2)c2cnc(N)c(c2)O[C@H](C)c2cc(F)ccc2C1=N. The number of anilines is 1. The molecule has 1 aromatic carbocycles. The molecule has 1 atom stereocenters. The molecular formula is C23H27FN8O. The third-order valence-corrected chi connectivity index (χ3v) is 5.75. The van der Waals surface area contributed by atoms with Gasteiger partial charge in [0.2, 0.25) is 0 Å².